The average molecular weight is 526 g/mol. The van der Waals surface area contributed by atoms with Gasteiger partial charge in [0.15, 0.2) is 17.9 Å². The maximum absolute atomic E-state index is 13.2. The van der Waals surface area contributed by atoms with E-state index in [0.717, 1.165) is 22.1 Å². The van der Waals surface area contributed by atoms with Gasteiger partial charge in [0, 0.05) is 66.5 Å². The van der Waals surface area contributed by atoms with Crippen LogP contribution in [0.25, 0.3) is 22.4 Å². The molecular weight excluding hydrogens is 494 g/mol. The molecular formula is C25H31N7O4S. The van der Waals surface area contributed by atoms with E-state index >= 15 is 0 Å². The molecule has 2 aromatic heterocycles. The molecule has 0 saturated carbocycles. The van der Waals surface area contributed by atoms with Crippen molar-refractivity contribution in [2.75, 3.05) is 44.7 Å². The molecule has 5 rings (SSSR count). The minimum absolute atomic E-state index is 0.0598. The second-order valence-electron chi connectivity index (χ2n) is 9.45. The molecule has 3 N–H and O–H groups in total. The summed E-state index contributed by atoms with van der Waals surface area (Å²) in [4.78, 5) is 28.8. The quantitative estimate of drug-likeness (QED) is 0.225. The molecule has 2 amide bonds. The minimum Gasteiger partial charge on any atom is -0.454 e. The van der Waals surface area contributed by atoms with E-state index in [9.17, 15) is 13.8 Å². The smallest absolute Gasteiger partial charge is 0.320 e. The lowest BCUT2D eigenvalue weighted by Crippen LogP contribution is -2.48. The van der Waals surface area contributed by atoms with Crippen LogP contribution >= 0.6 is 0 Å². The Hall–Kier alpha value is -3.67. The number of aromatic nitrogens is 2. The molecule has 37 heavy (non-hydrogen) atoms. The molecule has 3 aromatic rings. The predicted octanol–water partition coefficient (Wildman–Crippen LogP) is 2.00. The van der Waals surface area contributed by atoms with Crippen molar-refractivity contribution >= 4 is 39.9 Å². The first kappa shape index (κ1) is 25.0. The predicted molar refractivity (Wildman–Crippen MR) is 142 cm³/mol. The molecule has 2 aliphatic heterocycles. The SMILES string of the molecule is CN/N=C(/N)c1c(C=O)nn(C2CCN(C(=O)N3CCS(=O)CC3)C2)c1-c1oc2ccc(C)cc2c1C. The fourth-order valence-electron chi connectivity index (χ4n) is 5.15. The van der Waals surface area contributed by atoms with Crippen LogP contribution in [0.3, 0.4) is 0 Å². The van der Waals surface area contributed by atoms with E-state index in [0.29, 0.717) is 67.4 Å². The van der Waals surface area contributed by atoms with Gasteiger partial charge in [0.2, 0.25) is 0 Å². The van der Waals surface area contributed by atoms with Gasteiger partial charge in [-0.3, -0.25) is 13.7 Å². The highest BCUT2D eigenvalue weighted by Gasteiger charge is 2.36. The Kier molecular flexibility index (Phi) is 6.76. The second kappa shape index (κ2) is 10.0. The number of aldehydes is 1. The van der Waals surface area contributed by atoms with Crippen LogP contribution in [0, 0.1) is 13.8 Å². The van der Waals surface area contributed by atoms with Crippen LogP contribution in [0.15, 0.2) is 27.7 Å². The van der Waals surface area contributed by atoms with Gasteiger partial charge >= 0.3 is 6.03 Å². The molecule has 2 fully saturated rings. The summed E-state index contributed by atoms with van der Waals surface area (Å²) in [7, 11) is 0.772. The van der Waals surface area contributed by atoms with Crippen LogP contribution < -0.4 is 11.2 Å². The number of carbonyl (C=O) groups excluding carboxylic acids is 2. The highest BCUT2D eigenvalue weighted by atomic mass is 32.2. The first-order valence-electron chi connectivity index (χ1n) is 12.3. The highest BCUT2D eigenvalue weighted by Crippen LogP contribution is 2.38. The first-order valence-corrected chi connectivity index (χ1v) is 13.8. The zero-order valence-corrected chi connectivity index (χ0v) is 22.0. The average Bonchev–Trinajstić information content (AvgIpc) is 3.60. The number of hydrogen-bond donors (Lipinski definition) is 2. The lowest BCUT2D eigenvalue weighted by Gasteiger charge is -2.30. The van der Waals surface area contributed by atoms with E-state index in [4.69, 9.17) is 10.2 Å². The molecule has 0 spiro atoms. The van der Waals surface area contributed by atoms with Gasteiger partial charge in [0.1, 0.15) is 17.0 Å². The van der Waals surface area contributed by atoms with Gasteiger partial charge in [-0.2, -0.15) is 10.2 Å². The summed E-state index contributed by atoms with van der Waals surface area (Å²) in [6.07, 6.45) is 1.32. The molecule has 0 aliphatic carbocycles. The zero-order valence-electron chi connectivity index (χ0n) is 21.2. The standard InChI is InChI=1S/C25H31N7O4S/c1-15-4-5-20-18(12-15)16(2)23(36-20)22-21(24(26)28-27-3)19(14-33)29-32(22)17-6-7-31(13-17)25(34)30-8-10-37(35)11-9-30/h4-5,12,14,17,27H,6-11,13H2,1-3H3,(H2,26,28). The lowest BCUT2D eigenvalue weighted by atomic mass is 10.0. The monoisotopic (exact) mass is 525 g/mol. The molecule has 1 aromatic carbocycles. The number of urea groups is 1. The van der Waals surface area contributed by atoms with Gasteiger partial charge in [-0.1, -0.05) is 11.6 Å². The van der Waals surface area contributed by atoms with Crippen molar-refractivity contribution in [1.29, 1.82) is 0 Å². The summed E-state index contributed by atoms with van der Waals surface area (Å²) >= 11 is 0. The maximum Gasteiger partial charge on any atom is 0.320 e. The number of aryl methyl sites for hydroxylation is 2. The Morgan fingerprint density at radius 3 is 2.70 bits per heavy atom. The van der Waals surface area contributed by atoms with Crippen molar-refractivity contribution in [3.63, 3.8) is 0 Å². The van der Waals surface area contributed by atoms with E-state index in [1.165, 1.54) is 0 Å². The van der Waals surface area contributed by atoms with Crippen LogP contribution in [0.1, 0.15) is 39.6 Å². The van der Waals surface area contributed by atoms with Crippen LogP contribution in [-0.2, 0) is 10.8 Å². The molecule has 12 heteroatoms. The largest absolute Gasteiger partial charge is 0.454 e. The van der Waals surface area contributed by atoms with E-state index in [-0.39, 0.29) is 23.6 Å². The molecule has 2 saturated heterocycles. The van der Waals surface area contributed by atoms with Crippen LogP contribution in [0.4, 0.5) is 4.79 Å². The number of amidine groups is 1. The van der Waals surface area contributed by atoms with E-state index in [2.05, 4.69) is 21.7 Å². The maximum atomic E-state index is 13.2. The van der Waals surface area contributed by atoms with Crippen molar-refractivity contribution in [3.8, 4) is 11.5 Å². The van der Waals surface area contributed by atoms with Crippen molar-refractivity contribution in [3.05, 3.63) is 40.6 Å². The summed E-state index contributed by atoms with van der Waals surface area (Å²) in [6.45, 7) is 5.95. The number of benzene rings is 1. The molecule has 0 radical (unpaired) electrons. The number of fused-ring (bicyclic) bond motifs is 1. The summed E-state index contributed by atoms with van der Waals surface area (Å²) in [5.74, 6) is 1.70. The summed E-state index contributed by atoms with van der Waals surface area (Å²) in [6, 6.07) is 5.72. The van der Waals surface area contributed by atoms with Gasteiger partial charge in [-0.25, -0.2) is 4.79 Å². The second-order valence-corrected chi connectivity index (χ2v) is 11.2. The number of furan rings is 1. The Morgan fingerprint density at radius 1 is 1.24 bits per heavy atom. The first-order chi connectivity index (χ1) is 17.8. The number of hydrazone groups is 1. The van der Waals surface area contributed by atoms with Gasteiger partial charge in [0.05, 0.1) is 11.6 Å². The number of nitrogens with one attached hydrogen (secondary N) is 1. The Balaban J connectivity index is 1.57. The van der Waals surface area contributed by atoms with E-state index in [1.54, 1.807) is 21.5 Å². The number of nitrogens with zero attached hydrogens (tertiary/aromatic N) is 5. The van der Waals surface area contributed by atoms with Crippen molar-refractivity contribution in [1.82, 2.24) is 25.0 Å². The highest BCUT2D eigenvalue weighted by molar-refractivity contribution is 7.85. The van der Waals surface area contributed by atoms with Crippen molar-refractivity contribution in [2.45, 2.75) is 26.3 Å². The Bertz CT molecular complexity index is 1420. The van der Waals surface area contributed by atoms with Gasteiger partial charge in [-0.15, -0.1) is 0 Å². The molecule has 0 bridgehead atoms. The molecule has 2 aliphatic rings. The number of amides is 2. The van der Waals surface area contributed by atoms with Crippen LogP contribution in [-0.4, -0.2) is 86.7 Å². The third-order valence-corrected chi connectivity index (χ3v) is 8.35. The molecule has 4 heterocycles. The van der Waals surface area contributed by atoms with E-state index in [1.807, 2.05) is 26.0 Å². The number of carbonyl (C=O) groups is 2. The van der Waals surface area contributed by atoms with Crippen LogP contribution in [0.5, 0.6) is 0 Å². The van der Waals surface area contributed by atoms with Gasteiger partial charge in [0.25, 0.3) is 0 Å². The van der Waals surface area contributed by atoms with E-state index < -0.39 is 10.8 Å². The topological polar surface area (TPSA) is 139 Å². The zero-order chi connectivity index (χ0) is 26.3. The summed E-state index contributed by atoms with van der Waals surface area (Å²) in [5.41, 5.74) is 12.9. The third kappa shape index (κ3) is 4.50. The van der Waals surface area contributed by atoms with Crippen LogP contribution in [0.2, 0.25) is 0 Å². The summed E-state index contributed by atoms with van der Waals surface area (Å²) < 4.78 is 19.8. The third-order valence-electron chi connectivity index (χ3n) is 7.07. The Morgan fingerprint density at radius 2 is 2.00 bits per heavy atom. The Labute approximate surface area is 217 Å². The van der Waals surface area contributed by atoms with Gasteiger partial charge < -0.3 is 25.4 Å². The molecule has 1 atom stereocenters. The normalized spacial score (nSPS) is 19.1. The minimum atomic E-state index is -0.856. The number of rotatable bonds is 5. The summed E-state index contributed by atoms with van der Waals surface area (Å²) in [5, 5.41) is 9.74. The number of hydrogen-bond acceptors (Lipinski definition) is 7. The lowest BCUT2D eigenvalue weighted by molar-refractivity contribution is 0.111. The van der Waals surface area contributed by atoms with Crippen molar-refractivity contribution < 1.29 is 18.2 Å². The molecule has 1 unspecified atom stereocenters. The van der Waals surface area contributed by atoms with Crippen molar-refractivity contribution in [2.24, 2.45) is 10.8 Å². The fraction of sp³-hybridized carbons (Fsp3) is 0.440. The number of nitrogens with two attached hydrogens (primary N) is 1. The fourth-order valence-corrected chi connectivity index (χ4v) is 6.20. The number of likely N-dealkylation sites (tertiary alicyclic amines) is 1. The van der Waals surface area contributed by atoms with Gasteiger partial charge in [-0.05, 0) is 32.4 Å². The molecule has 196 valence electrons. The molecule has 11 nitrogen and oxygen atoms in total.